The van der Waals surface area contributed by atoms with Gasteiger partial charge in [-0.2, -0.15) is 0 Å². The van der Waals surface area contributed by atoms with Crippen molar-refractivity contribution in [2.45, 2.75) is 24.2 Å². The summed E-state index contributed by atoms with van der Waals surface area (Å²) in [6.45, 7) is 4.56. The molecular weight excluding hydrogens is 290 g/mol. The molecule has 16 heavy (non-hydrogen) atoms. The molecule has 0 aromatic heterocycles. The number of nitrogens with two attached hydrogens (primary N) is 1. The first-order chi connectivity index (χ1) is 7.18. The van der Waals surface area contributed by atoms with Gasteiger partial charge in [-0.1, -0.05) is 19.9 Å². The minimum atomic E-state index is -3.18. The second kappa shape index (κ2) is 4.47. The molecule has 0 amide bonds. The van der Waals surface area contributed by atoms with Gasteiger partial charge in [0.25, 0.3) is 0 Å². The molecule has 0 unspecified atom stereocenters. The largest absolute Gasteiger partial charge is 0.330 e. The van der Waals surface area contributed by atoms with E-state index in [1.165, 1.54) is 6.26 Å². The summed E-state index contributed by atoms with van der Waals surface area (Å²) in [5.41, 5.74) is 6.55. The number of benzene rings is 1. The zero-order valence-electron chi connectivity index (χ0n) is 9.62. The van der Waals surface area contributed by atoms with Gasteiger partial charge in [-0.15, -0.1) is 0 Å². The van der Waals surface area contributed by atoms with Gasteiger partial charge >= 0.3 is 0 Å². The highest BCUT2D eigenvalue weighted by molar-refractivity contribution is 9.10. The van der Waals surface area contributed by atoms with E-state index in [-0.39, 0.29) is 5.41 Å². The van der Waals surface area contributed by atoms with Crippen LogP contribution in [0.3, 0.4) is 0 Å². The molecule has 5 heteroatoms. The molecule has 2 N–H and O–H groups in total. The van der Waals surface area contributed by atoms with Crippen molar-refractivity contribution in [3.05, 3.63) is 28.2 Å². The van der Waals surface area contributed by atoms with Crippen LogP contribution in [0, 0.1) is 0 Å². The lowest BCUT2D eigenvalue weighted by atomic mass is 9.85. The molecule has 90 valence electrons. The molecule has 0 aliphatic rings. The SMILES string of the molecule is CC(C)(CN)c1ccc(S(C)(=O)=O)c(Br)c1. The van der Waals surface area contributed by atoms with Crippen LogP contribution in [0.4, 0.5) is 0 Å². The minimum absolute atomic E-state index is 0.154. The molecule has 0 bridgehead atoms. The van der Waals surface area contributed by atoms with Crippen molar-refractivity contribution in [1.29, 1.82) is 0 Å². The van der Waals surface area contributed by atoms with Crippen LogP contribution in [0.2, 0.25) is 0 Å². The van der Waals surface area contributed by atoms with Gasteiger partial charge in [-0.3, -0.25) is 0 Å². The second-order valence-electron chi connectivity index (χ2n) is 4.51. The standard InChI is InChI=1S/C11H16BrNO2S/c1-11(2,7-13)8-4-5-10(9(12)6-8)16(3,14)15/h4-6H,7,13H2,1-3H3. The van der Waals surface area contributed by atoms with Gasteiger partial charge in [0, 0.05) is 22.7 Å². The third-order valence-corrected chi connectivity index (χ3v) is 4.70. The fraction of sp³-hybridized carbons (Fsp3) is 0.455. The highest BCUT2D eigenvalue weighted by Gasteiger charge is 2.21. The van der Waals surface area contributed by atoms with Crippen molar-refractivity contribution in [2.24, 2.45) is 5.73 Å². The fourth-order valence-corrected chi connectivity index (χ4v) is 3.33. The summed E-state index contributed by atoms with van der Waals surface area (Å²) >= 11 is 3.28. The topological polar surface area (TPSA) is 60.2 Å². The van der Waals surface area contributed by atoms with Crippen molar-refractivity contribution >= 4 is 25.8 Å². The number of halogens is 1. The highest BCUT2D eigenvalue weighted by Crippen LogP contribution is 2.29. The maximum absolute atomic E-state index is 11.4. The molecule has 0 heterocycles. The Morgan fingerprint density at radius 3 is 2.31 bits per heavy atom. The minimum Gasteiger partial charge on any atom is -0.330 e. The van der Waals surface area contributed by atoms with Crippen molar-refractivity contribution in [1.82, 2.24) is 0 Å². The van der Waals surface area contributed by atoms with Gasteiger partial charge in [-0.25, -0.2) is 8.42 Å². The van der Waals surface area contributed by atoms with Gasteiger partial charge < -0.3 is 5.73 Å². The average molecular weight is 306 g/mol. The number of rotatable bonds is 3. The van der Waals surface area contributed by atoms with E-state index in [9.17, 15) is 8.42 Å². The van der Waals surface area contributed by atoms with E-state index in [2.05, 4.69) is 15.9 Å². The monoisotopic (exact) mass is 305 g/mol. The van der Waals surface area contributed by atoms with Gasteiger partial charge in [0.15, 0.2) is 9.84 Å². The molecule has 0 aliphatic carbocycles. The third-order valence-electron chi connectivity index (χ3n) is 2.62. The van der Waals surface area contributed by atoms with Gasteiger partial charge in [0.05, 0.1) is 4.90 Å². The molecule has 0 atom stereocenters. The summed E-state index contributed by atoms with van der Waals surface area (Å²) in [5.74, 6) is 0. The number of hydrogen-bond donors (Lipinski definition) is 1. The Labute approximate surface area is 105 Å². The Morgan fingerprint density at radius 2 is 1.94 bits per heavy atom. The van der Waals surface area contributed by atoms with Crippen LogP contribution in [0.25, 0.3) is 0 Å². The molecule has 0 aliphatic heterocycles. The van der Waals surface area contributed by atoms with Gasteiger partial charge in [-0.05, 0) is 33.6 Å². The van der Waals surface area contributed by atoms with Crippen LogP contribution < -0.4 is 5.73 Å². The lowest BCUT2D eigenvalue weighted by Crippen LogP contribution is -2.28. The summed E-state index contributed by atoms with van der Waals surface area (Å²) in [7, 11) is -3.18. The lowest BCUT2D eigenvalue weighted by molar-refractivity contribution is 0.538. The predicted octanol–water partition coefficient (Wildman–Crippen LogP) is 2.09. The van der Waals surface area contributed by atoms with E-state index in [0.29, 0.717) is 15.9 Å². The Kier molecular flexibility index (Phi) is 3.82. The summed E-state index contributed by atoms with van der Waals surface area (Å²) in [4.78, 5) is 0.309. The predicted molar refractivity (Wildman–Crippen MR) is 69.3 cm³/mol. The van der Waals surface area contributed by atoms with E-state index >= 15 is 0 Å². The number of hydrogen-bond acceptors (Lipinski definition) is 3. The van der Waals surface area contributed by atoms with Crippen LogP contribution >= 0.6 is 15.9 Å². The molecule has 0 fully saturated rings. The molecule has 1 rings (SSSR count). The summed E-state index contributed by atoms with van der Waals surface area (Å²) in [5, 5.41) is 0. The second-order valence-corrected chi connectivity index (χ2v) is 7.34. The van der Waals surface area contributed by atoms with Gasteiger partial charge in [0.2, 0.25) is 0 Å². The summed E-state index contributed by atoms with van der Waals surface area (Å²) < 4.78 is 23.5. The zero-order valence-corrected chi connectivity index (χ0v) is 12.0. The molecular formula is C11H16BrNO2S. The van der Waals surface area contributed by atoms with E-state index in [1.54, 1.807) is 6.07 Å². The maximum Gasteiger partial charge on any atom is 0.176 e. The van der Waals surface area contributed by atoms with Crippen LogP contribution in [0.5, 0.6) is 0 Å². The van der Waals surface area contributed by atoms with Crippen LogP contribution in [0.15, 0.2) is 27.6 Å². The van der Waals surface area contributed by atoms with Gasteiger partial charge in [0.1, 0.15) is 0 Å². The van der Waals surface area contributed by atoms with E-state index in [1.807, 2.05) is 26.0 Å². The average Bonchev–Trinajstić information content (AvgIpc) is 2.15. The highest BCUT2D eigenvalue weighted by atomic mass is 79.9. The third kappa shape index (κ3) is 2.84. The molecule has 1 aromatic carbocycles. The molecule has 0 radical (unpaired) electrons. The molecule has 0 saturated heterocycles. The Hall–Kier alpha value is -0.390. The zero-order chi connectivity index (χ0) is 12.6. The van der Waals surface area contributed by atoms with Crippen molar-refractivity contribution in [3.8, 4) is 0 Å². The van der Waals surface area contributed by atoms with E-state index in [4.69, 9.17) is 5.73 Å². The first-order valence-corrected chi connectivity index (χ1v) is 7.57. The lowest BCUT2D eigenvalue weighted by Gasteiger charge is -2.23. The normalized spacial score (nSPS) is 12.8. The summed E-state index contributed by atoms with van der Waals surface area (Å²) in [6, 6.07) is 5.25. The van der Waals surface area contributed by atoms with Crippen LogP contribution in [-0.2, 0) is 15.3 Å². The van der Waals surface area contributed by atoms with Crippen LogP contribution in [-0.4, -0.2) is 21.2 Å². The fourth-order valence-electron chi connectivity index (χ4n) is 1.34. The molecule has 3 nitrogen and oxygen atoms in total. The van der Waals surface area contributed by atoms with Crippen molar-refractivity contribution in [3.63, 3.8) is 0 Å². The Bertz CT molecular complexity index is 495. The van der Waals surface area contributed by atoms with E-state index < -0.39 is 9.84 Å². The molecule has 1 aromatic rings. The van der Waals surface area contributed by atoms with Crippen molar-refractivity contribution in [2.75, 3.05) is 12.8 Å². The first-order valence-electron chi connectivity index (χ1n) is 4.88. The smallest absolute Gasteiger partial charge is 0.176 e. The molecule has 0 spiro atoms. The van der Waals surface area contributed by atoms with Crippen LogP contribution in [0.1, 0.15) is 19.4 Å². The Balaban J connectivity index is 3.30. The first kappa shape index (κ1) is 13.7. The molecule has 0 saturated carbocycles. The quantitative estimate of drug-likeness (QED) is 0.930. The summed E-state index contributed by atoms with van der Waals surface area (Å²) in [6.07, 6.45) is 1.20. The van der Waals surface area contributed by atoms with E-state index in [0.717, 1.165) is 5.56 Å². The van der Waals surface area contributed by atoms with Crippen molar-refractivity contribution < 1.29 is 8.42 Å². The number of sulfone groups is 1. The maximum atomic E-state index is 11.4. The Morgan fingerprint density at radius 1 is 1.38 bits per heavy atom.